The zero-order valence-electron chi connectivity index (χ0n) is 7.57. The Morgan fingerprint density at radius 2 is 2.23 bits per heavy atom. The molecular formula is C10H13FO2. The second-order valence-corrected chi connectivity index (χ2v) is 3.39. The van der Waals surface area contributed by atoms with Crippen LogP contribution in [0.25, 0.3) is 0 Å². The molecule has 2 rings (SSSR count). The van der Waals surface area contributed by atoms with E-state index in [1.165, 1.54) is 13.2 Å². The van der Waals surface area contributed by atoms with Crippen molar-refractivity contribution in [3.63, 3.8) is 0 Å². The molecule has 72 valence electrons. The molecule has 0 aliphatic heterocycles. The van der Waals surface area contributed by atoms with Gasteiger partial charge < -0.3 is 9.47 Å². The lowest BCUT2D eigenvalue weighted by atomic mass is 10.1. The van der Waals surface area contributed by atoms with Gasteiger partial charge in [0.25, 0.3) is 0 Å². The Kier molecular flexibility index (Phi) is 2.36. The minimum atomic E-state index is -1.04. The number of ether oxygens (including phenoxy) is 2. The van der Waals surface area contributed by atoms with Crippen LogP contribution in [0.3, 0.4) is 0 Å². The fourth-order valence-electron chi connectivity index (χ4n) is 1.26. The van der Waals surface area contributed by atoms with E-state index in [1.807, 2.05) is 0 Å². The second-order valence-electron chi connectivity index (χ2n) is 3.39. The second kappa shape index (κ2) is 3.50. The fraction of sp³-hybridized carbons (Fsp3) is 0.600. The third-order valence-corrected chi connectivity index (χ3v) is 2.19. The topological polar surface area (TPSA) is 18.5 Å². The molecule has 2 aliphatic carbocycles. The van der Waals surface area contributed by atoms with Gasteiger partial charge in [-0.3, -0.25) is 0 Å². The molecule has 1 fully saturated rings. The van der Waals surface area contributed by atoms with Crippen LogP contribution in [-0.4, -0.2) is 25.5 Å². The van der Waals surface area contributed by atoms with Crippen LogP contribution in [0.15, 0.2) is 24.0 Å². The van der Waals surface area contributed by atoms with E-state index in [0.29, 0.717) is 6.10 Å². The molecular weight excluding hydrogens is 171 g/mol. The summed E-state index contributed by atoms with van der Waals surface area (Å²) in [5, 5.41) is 0. The van der Waals surface area contributed by atoms with E-state index < -0.39 is 12.3 Å². The lowest BCUT2D eigenvalue weighted by molar-refractivity contribution is 0.0784. The number of allylic oxidation sites excluding steroid dienone is 1. The highest BCUT2D eigenvalue weighted by atomic mass is 19.1. The first kappa shape index (κ1) is 8.75. The van der Waals surface area contributed by atoms with Crippen molar-refractivity contribution in [2.75, 3.05) is 7.11 Å². The third-order valence-electron chi connectivity index (χ3n) is 2.19. The van der Waals surface area contributed by atoms with Gasteiger partial charge in [-0.05, 0) is 31.1 Å². The minimum absolute atomic E-state index is 0.351. The smallest absolute Gasteiger partial charge is 0.148 e. The molecule has 3 heteroatoms. The lowest BCUT2D eigenvalue weighted by Gasteiger charge is -2.19. The Morgan fingerprint density at radius 1 is 1.46 bits per heavy atom. The number of alkyl halides is 1. The Hall–Kier alpha value is -0.830. The molecule has 0 amide bonds. The molecule has 13 heavy (non-hydrogen) atoms. The van der Waals surface area contributed by atoms with Crippen LogP contribution in [0.1, 0.15) is 12.8 Å². The normalized spacial score (nSPS) is 32.9. The van der Waals surface area contributed by atoms with Gasteiger partial charge in [0.2, 0.25) is 0 Å². The molecule has 0 spiro atoms. The van der Waals surface area contributed by atoms with Gasteiger partial charge in [-0.2, -0.15) is 0 Å². The first-order chi connectivity index (χ1) is 6.29. The van der Waals surface area contributed by atoms with Crippen LogP contribution >= 0.6 is 0 Å². The van der Waals surface area contributed by atoms with Gasteiger partial charge in [-0.15, -0.1) is 0 Å². The molecule has 0 aromatic heterocycles. The van der Waals surface area contributed by atoms with E-state index in [9.17, 15) is 4.39 Å². The highest BCUT2D eigenvalue weighted by Crippen LogP contribution is 2.28. The van der Waals surface area contributed by atoms with Gasteiger partial charge in [-0.25, -0.2) is 4.39 Å². The van der Waals surface area contributed by atoms with E-state index in [0.717, 1.165) is 18.6 Å². The minimum Gasteiger partial charge on any atom is -0.491 e. The molecule has 0 radical (unpaired) electrons. The molecule has 0 aromatic rings. The molecule has 0 saturated heterocycles. The first-order valence-electron chi connectivity index (χ1n) is 4.53. The van der Waals surface area contributed by atoms with Crippen molar-refractivity contribution >= 4 is 0 Å². The van der Waals surface area contributed by atoms with Crippen LogP contribution in [0, 0.1) is 0 Å². The van der Waals surface area contributed by atoms with Gasteiger partial charge in [-0.1, -0.05) is 0 Å². The molecule has 2 nitrogen and oxygen atoms in total. The molecule has 1 saturated carbocycles. The van der Waals surface area contributed by atoms with Crippen LogP contribution in [-0.2, 0) is 9.47 Å². The average molecular weight is 184 g/mol. The summed E-state index contributed by atoms with van der Waals surface area (Å²) in [6, 6.07) is 0. The molecule has 0 N–H and O–H groups in total. The standard InChI is InChI=1S/C10H13FO2/c1-12-10-6-8(4-5-9(10)11)13-7-2-3-7/h4-7,9-10H,2-3H2,1H3. The number of methoxy groups -OCH3 is 1. The summed E-state index contributed by atoms with van der Waals surface area (Å²) in [6.07, 6.45) is 5.90. The number of hydrogen-bond acceptors (Lipinski definition) is 2. The van der Waals surface area contributed by atoms with Gasteiger partial charge in [0.05, 0.1) is 6.10 Å². The number of halogens is 1. The summed E-state index contributed by atoms with van der Waals surface area (Å²) in [7, 11) is 1.50. The summed E-state index contributed by atoms with van der Waals surface area (Å²) in [5.41, 5.74) is 0. The molecule has 0 heterocycles. The predicted octanol–water partition coefficient (Wildman–Crippen LogP) is 1.97. The summed E-state index contributed by atoms with van der Waals surface area (Å²) in [5.74, 6) is 0.739. The zero-order valence-corrected chi connectivity index (χ0v) is 7.57. The average Bonchev–Trinajstić information content (AvgIpc) is 2.92. The van der Waals surface area contributed by atoms with Crippen LogP contribution in [0.4, 0.5) is 4.39 Å². The maximum absolute atomic E-state index is 13.1. The monoisotopic (exact) mass is 184 g/mol. The van der Waals surface area contributed by atoms with Crippen molar-refractivity contribution in [1.82, 2.24) is 0 Å². The summed E-state index contributed by atoms with van der Waals surface area (Å²) >= 11 is 0. The molecule has 2 aliphatic rings. The maximum Gasteiger partial charge on any atom is 0.148 e. The van der Waals surface area contributed by atoms with E-state index in [1.54, 1.807) is 12.2 Å². The number of hydrogen-bond donors (Lipinski definition) is 0. The van der Waals surface area contributed by atoms with Crippen LogP contribution < -0.4 is 0 Å². The largest absolute Gasteiger partial charge is 0.491 e. The van der Waals surface area contributed by atoms with Crippen LogP contribution in [0.2, 0.25) is 0 Å². The van der Waals surface area contributed by atoms with Crippen molar-refractivity contribution in [2.45, 2.75) is 31.2 Å². The van der Waals surface area contributed by atoms with Gasteiger partial charge >= 0.3 is 0 Å². The zero-order chi connectivity index (χ0) is 9.26. The van der Waals surface area contributed by atoms with Gasteiger partial charge in [0, 0.05) is 7.11 Å². The van der Waals surface area contributed by atoms with E-state index >= 15 is 0 Å². The number of rotatable bonds is 3. The Bertz CT molecular complexity index is 243. The molecule has 0 aromatic carbocycles. The SMILES string of the molecule is COC1C=C(OC2CC2)C=CC1F. The van der Waals surface area contributed by atoms with Crippen molar-refractivity contribution in [2.24, 2.45) is 0 Å². The molecule has 2 unspecified atom stereocenters. The fourth-order valence-corrected chi connectivity index (χ4v) is 1.26. The predicted molar refractivity (Wildman–Crippen MR) is 47.0 cm³/mol. The first-order valence-corrected chi connectivity index (χ1v) is 4.53. The van der Waals surface area contributed by atoms with Gasteiger partial charge in [0.1, 0.15) is 18.0 Å². The quantitative estimate of drug-likeness (QED) is 0.667. The Morgan fingerprint density at radius 3 is 2.85 bits per heavy atom. The van der Waals surface area contributed by atoms with E-state index in [2.05, 4.69) is 0 Å². The summed E-state index contributed by atoms with van der Waals surface area (Å²) in [4.78, 5) is 0. The summed E-state index contributed by atoms with van der Waals surface area (Å²) in [6.45, 7) is 0. The lowest BCUT2D eigenvalue weighted by Crippen LogP contribution is -2.23. The Labute approximate surface area is 77.0 Å². The highest BCUT2D eigenvalue weighted by molar-refractivity contribution is 5.23. The molecule has 0 bridgehead atoms. The molecule has 2 atom stereocenters. The Balaban J connectivity index is 1.98. The van der Waals surface area contributed by atoms with Crippen molar-refractivity contribution in [1.29, 1.82) is 0 Å². The van der Waals surface area contributed by atoms with Gasteiger partial charge in [0.15, 0.2) is 0 Å². The van der Waals surface area contributed by atoms with Crippen LogP contribution in [0.5, 0.6) is 0 Å². The van der Waals surface area contributed by atoms with Crippen molar-refractivity contribution in [3.8, 4) is 0 Å². The third kappa shape index (κ3) is 2.10. The van der Waals surface area contributed by atoms with E-state index in [4.69, 9.17) is 9.47 Å². The van der Waals surface area contributed by atoms with E-state index in [-0.39, 0.29) is 0 Å². The van der Waals surface area contributed by atoms with Crippen molar-refractivity contribution < 1.29 is 13.9 Å². The highest BCUT2D eigenvalue weighted by Gasteiger charge is 2.26. The maximum atomic E-state index is 13.1. The van der Waals surface area contributed by atoms with Crippen molar-refractivity contribution in [3.05, 3.63) is 24.0 Å². The summed E-state index contributed by atoms with van der Waals surface area (Å²) < 4.78 is 23.5.